The van der Waals surface area contributed by atoms with Crippen molar-refractivity contribution in [2.75, 3.05) is 6.54 Å². The molecule has 3 nitrogen and oxygen atoms in total. The van der Waals surface area contributed by atoms with Gasteiger partial charge in [-0.05, 0) is 12.8 Å². The molecule has 1 aliphatic rings. The van der Waals surface area contributed by atoms with Crippen molar-refractivity contribution < 1.29 is 9.90 Å². The molecular weight excluding hydrogens is 166 g/mol. The molecule has 0 bridgehead atoms. The Morgan fingerprint density at radius 1 is 1.46 bits per heavy atom. The van der Waals surface area contributed by atoms with Gasteiger partial charge in [0.1, 0.15) is 5.54 Å². The van der Waals surface area contributed by atoms with E-state index in [9.17, 15) is 4.79 Å². The lowest BCUT2D eigenvalue weighted by atomic mass is 9.81. The first-order valence-corrected chi connectivity index (χ1v) is 4.80. The smallest absolute Gasteiger partial charge is 0.323 e. The van der Waals surface area contributed by atoms with Crippen molar-refractivity contribution in [3.8, 4) is 0 Å². The molecule has 0 saturated heterocycles. The Morgan fingerprint density at radius 3 is 2.54 bits per heavy atom. The van der Waals surface area contributed by atoms with Crippen molar-refractivity contribution >= 4 is 5.97 Å². The summed E-state index contributed by atoms with van der Waals surface area (Å²) in [5, 5.41) is 12.2. The largest absolute Gasteiger partial charge is 0.480 e. The van der Waals surface area contributed by atoms with Gasteiger partial charge in [0.05, 0.1) is 0 Å². The van der Waals surface area contributed by atoms with Gasteiger partial charge in [-0.1, -0.05) is 25.3 Å². The number of carbonyl (C=O) groups is 1. The highest BCUT2D eigenvalue weighted by atomic mass is 16.4. The summed E-state index contributed by atoms with van der Waals surface area (Å²) in [7, 11) is 0. The van der Waals surface area contributed by atoms with Gasteiger partial charge in [0.15, 0.2) is 0 Å². The van der Waals surface area contributed by atoms with Gasteiger partial charge in [-0.2, -0.15) is 0 Å². The van der Waals surface area contributed by atoms with Gasteiger partial charge in [-0.3, -0.25) is 10.1 Å². The second-order valence-electron chi connectivity index (χ2n) is 3.62. The summed E-state index contributed by atoms with van der Waals surface area (Å²) in [5.74, 6) is -0.714. The number of hydrogen-bond donors (Lipinski definition) is 2. The zero-order valence-electron chi connectivity index (χ0n) is 7.88. The number of carboxylic acid groups (broad SMARTS) is 1. The van der Waals surface area contributed by atoms with Crippen molar-refractivity contribution in [3.05, 3.63) is 12.7 Å². The Bertz CT molecular complexity index is 195. The highest BCUT2D eigenvalue weighted by Crippen LogP contribution is 2.28. The molecule has 1 rings (SSSR count). The highest BCUT2D eigenvalue weighted by Gasteiger charge is 2.38. The van der Waals surface area contributed by atoms with Gasteiger partial charge in [0.25, 0.3) is 0 Å². The number of rotatable bonds is 4. The normalized spacial score (nSPS) is 20.9. The van der Waals surface area contributed by atoms with Gasteiger partial charge >= 0.3 is 5.97 Å². The Kier molecular flexibility index (Phi) is 3.48. The lowest BCUT2D eigenvalue weighted by molar-refractivity contribution is -0.146. The maximum atomic E-state index is 11.1. The minimum absolute atomic E-state index is 0.576. The van der Waals surface area contributed by atoms with Gasteiger partial charge in [0.2, 0.25) is 0 Å². The predicted octanol–water partition coefficient (Wildman–Crippen LogP) is 1.55. The van der Waals surface area contributed by atoms with E-state index in [1.807, 2.05) is 0 Å². The van der Waals surface area contributed by atoms with E-state index in [1.165, 1.54) is 0 Å². The van der Waals surface area contributed by atoms with Crippen molar-refractivity contribution in [3.63, 3.8) is 0 Å². The van der Waals surface area contributed by atoms with Crippen molar-refractivity contribution in [2.24, 2.45) is 0 Å². The van der Waals surface area contributed by atoms with E-state index in [-0.39, 0.29) is 0 Å². The van der Waals surface area contributed by atoms with E-state index >= 15 is 0 Å². The van der Waals surface area contributed by atoms with Crippen LogP contribution in [-0.2, 0) is 4.79 Å². The third kappa shape index (κ3) is 2.31. The molecule has 1 aliphatic carbocycles. The fraction of sp³-hybridized carbons (Fsp3) is 0.700. The van der Waals surface area contributed by atoms with Crippen LogP contribution in [0, 0.1) is 0 Å². The first kappa shape index (κ1) is 10.3. The molecule has 1 saturated carbocycles. The van der Waals surface area contributed by atoms with Crippen molar-refractivity contribution in [1.29, 1.82) is 0 Å². The summed E-state index contributed by atoms with van der Waals surface area (Å²) in [6.07, 6.45) is 6.38. The molecule has 2 N–H and O–H groups in total. The zero-order valence-corrected chi connectivity index (χ0v) is 7.88. The standard InChI is InChI=1S/C10H17NO2/c1-2-8-11-10(9(12)13)6-4-3-5-7-10/h2,11H,1,3-8H2,(H,12,13). The number of aliphatic carboxylic acids is 1. The van der Waals surface area contributed by atoms with Crippen LogP contribution in [-0.4, -0.2) is 23.2 Å². The van der Waals surface area contributed by atoms with Crippen LogP contribution in [0.5, 0.6) is 0 Å². The Hall–Kier alpha value is -0.830. The second-order valence-corrected chi connectivity index (χ2v) is 3.62. The molecule has 0 aromatic carbocycles. The third-order valence-corrected chi connectivity index (χ3v) is 2.70. The summed E-state index contributed by atoms with van der Waals surface area (Å²) in [6.45, 7) is 4.16. The monoisotopic (exact) mass is 183 g/mol. The highest BCUT2D eigenvalue weighted by molar-refractivity contribution is 5.78. The summed E-state index contributed by atoms with van der Waals surface area (Å²) in [6, 6.07) is 0. The van der Waals surface area contributed by atoms with E-state index in [4.69, 9.17) is 5.11 Å². The van der Waals surface area contributed by atoms with Gasteiger partial charge in [0, 0.05) is 6.54 Å². The second kappa shape index (κ2) is 4.42. The van der Waals surface area contributed by atoms with E-state index in [2.05, 4.69) is 11.9 Å². The Labute approximate surface area is 78.8 Å². The van der Waals surface area contributed by atoms with Gasteiger partial charge in [-0.25, -0.2) is 0 Å². The van der Waals surface area contributed by atoms with Crippen molar-refractivity contribution in [2.45, 2.75) is 37.6 Å². The fourth-order valence-corrected chi connectivity index (χ4v) is 1.89. The van der Waals surface area contributed by atoms with E-state index in [0.29, 0.717) is 6.54 Å². The molecule has 13 heavy (non-hydrogen) atoms. The number of carboxylic acids is 1. The predicted molar refractivity (Wildman–Crippen MR) is 51.7 cm³/mol. The quantitative estimate of drug-likeness (QED) is 0.650. The summed E-state index contributed by atoms with van der Waals surface area (Å²) in [5.41, 5.74) is -0.674. The van der Waals surface area contributed by atoms with Gasteiger partial charge in [-0.15, -0.1) is 6.58 Å². The minimum atomic E-state index is -0.714. The maximum absolute atomic E-state index is 11.1. The first-order chi connectivity index (χ1) is 6.21. The van der Waals surface area contributed by atoms with Crippen LogP contribution in [0.4, 0.5) is 0 Å². The Morgan fingerprint density at radius 2 is 2.08 bits per heavy atom. The molecule has 0 atom stereocenters. The first-order valence-electron chi connectivity index (χ1n) is 4.80. The molecule has 0 aromatic heterocycles. The average molecular weight is 183 g/mol. The van der Waals surface area contributed by atoms with Crippen LogP contribution in [0.25, 0.3) is 0 Å². The molecule has 0 amide bonds. The van der Waals surface area contributed by atoms with Gasteiger partial charge < -0.3 is 5.11 Å². The molecule has 0 heterocycles. The molecule has 0 spiro atoms. The Balaban J connectivity index is 2.61. The maximum Gasteiger partial charge on any atom is 0.323 e. The molecule has 3 heteroatoms. The van der Waals surface area contributed by atoms with Crippen LogP contribution in [0.3, 0.4) is 0 Å². The van der Waals surface area contributed by atoms with Crippen molar-refractivity contribution in [1.82, 2.24) is 5.32 Å². The molecule has 74 valence electrons. The van der Waals surface area contributed by atoms with Crippen LogP contribution in [0.1, 0.15) is 32.1 Å². The molecule has 0 radical (unpaired) electrons. The molecule has 0 aromatic rings. The van der Waals surface area contributed by atoms with Crippen LogP contribution in [0.2, 0.25) is 0 Å². The SMILES string of the molecule is C=CCNC1(C(=O)O)CCCCC1. The summed E-state index contributed by atoms with van der Waals surface area (Å²) < 4.78 is 0. The van der Waals surface area contributed by atoms with Crippen LogP contribution < -0.4 is 5.32 Å². The topological polar surface area (TPSA) is 49.3 Å². The van der Waals surface area contributed by atoms with Crippen LogP contribution in [0.15, 0.2) is 12.7 Å². The van der Waals surface area contributed by atoms with Crippen LogP contribution >= 0.6 is 0 Å². The summed E-state index contributed by atoms with van der Waals surface area (Å²) in [4.78, 5) is 11.1. The third-order valence-electron chi connectivity index (χ3n) is 2.70. The molecule has 1 fully saturated rings. The van der Waals surface area contributed by atoms with E-state index in [0.717, 1.165) is 32.1 Å². The zero-order chi connectivity index (χ0) is 9.73. The summed E-state index contributed by atoms with van der Waals surface area (Å²) >= 11 is 0. The lowest BCUT2D eigenvalue weighted by Crippen LogP contribution is -2.53. The number of hydrogen-bond acceptors (Lipinski definition) is 2. The van der Waals surface area contributed by atoms with E-state index in [1.54, 1.807) is 6.08 Å². The molecular formula is C10H17NO2. The number of nitrogens with one attached hydrogen (secondary N) is 1. The molecule has 0 unspecified atom stereocenters. The fourth-order valence-electron chi connectivity index (χ4n) is 1.89. The minimum Gasteiger partial charge on any atom is -0.480 e. The van der Waals surface area contributed by atoms with E-state index < -0.39 is 11.5 Å². The molecule has 0 aliphatic heterocycles. The average Bonchev–Trinajstić information content (AvgIpc) is 2.16. The lowest BCUT2D eigenvalue weighted by Gasteiger charge is -2.33.